The van der Waals surface area contributed by atoms with E-state index in [9.17, 15) is 4.79 Å². The summed E-state index contributed by atoms with van der Waals surface area (Å²) < 4.78 is 16.2. The van der Waals surface area contributed by atoms with Crippen LogP contribution in [-0.2, 0) is 16.0 Å². The number of carbonyl (C=O) groups is 1. The first-order valence-corrected chi connectivity index (χ1v) is 11.3. The second-order valence-corrected chi connectivity index (χ2v) is 7.70. The predicted octanol–water partition coefficient (Wildman–Crippen LogP) is 3.51. The van der Waals surface area contributed by atoms with E-state index in [4.69, 9.17) is 18.9 Å². The monoisotopic (exact) mass is 442 g/mol. The van der Waals surface area contributed by atoms with Gasteiger partial charge in [-0.15, -0.1) is 0 Å². The Balaban J connectivity index is 1.49. The summed E-state index contributed by atoms with van der Waals surface area (Å²) in [5, 5.41) is 6.23. The van der Waals surface area contributed by atoms with Crippen molar-refractivity contribution in [2.75, 3.05) is 45.3 Å². The molecule has 1 aromatic carbocycles. The number of ether oxygens (including phenoxy) is 2. The van der Waals surface area contributed by atoms with Gasteiger partial charge in [0.05, 0.1) is 18.9 Å². The minimum Gasteiger partial charge on any atom is -0.459 e. The molecule has 0 spiro atoms. The summed E-state index contributed by atoms with van der Waals surface area (Å²) in [6.07, 6.45) is 4.74. The molecule has 1 aliphatic rings. The van der Waals surface area contributed by atoms with Gasteiger partial charge in [0.1, 0.15) is 0 Å². The molecule has 0 unspecified atom stereocenters. The number of nitrogens with zero attached hydrogens (tertiary/aromatic N) is 2. The lowest BCUT2D eigenvalue weighted by atomic mass is 10.1. The lowest BCUT2D eigenvalue weighted by molar-refractivity contribution is 0.00990. The highest BCUT2D eigenvalue weighted by molar-refractivity contribution is 6.02. The van der Waals surface area contributed by atoms with Crippen LogP contribution in [0.15, 0.2) is 52.1 Å². The Morgan fingerprint density at radius 3 is 2.62 bits per heavy atom. The van der Waals surface area contributed by atoms with Crippen molar-refractivity contribution in [3.8, 4) is 0 Å². The Hall–Kier alpha value is -2.84. The van der Waals surface area contributed by atoms with Crippen molar-refractivity contribution in [1.82, 2.24) is 10.2 Å². The first kappa shape index (κ1) is 23.8. The third-order valence-corrected chi connectivity index (χ3v) is 5.29. The number of hydrogen-bond donors (Lipinski definition) is 2. The van der Waals surface area contributed by atoms with Crippen LogP contribution in [-0.4, -0.2) is 62.8 Å². The Bertz CT molecular complexity index is 828. The number of nitrogens with one attached hydrogen (secondary N) is 2. The summed E-state index contributed by atoms with van der Waals surface area (Å²) in [6, 6.07) is 11.0. The standard InChI is InChI=1S/C24H34N4O4/c1-3-25-24(28-13-11-21(12-14-28)31-17-5-15-30-2)26-18-19-7-9-20(10-8-19)27-23(29)22-6-4-16-32-22/h4,6-10,16,21H,3,5,11-15,17-18H2,1-2H3,(H,25,26)(H,27,29). The number of piperidine rings is 1. The molecule has 1 amide bonds. The number of furan rings is 1. The number of aliphatic imine (C=N–C) groups is 1. The lowest BCUT2D eigenvalue weighted by Crippen LogP contribution is -2.47. The third kappa shape index (κ3) is 7.39. The molecule has 3 rings (SSSR count). The van der Waals surface area contributed by atoms with E-state index < -0.39 is 0 Å². The second kappa shape index (κ2) is 12.9. The zero-order chi connectivity index (χ0) is 22.6. The van der Waals surface area contributed by atoms with Gasteiger partial charge in [0, 0.05) is 45.6 Å². The first-order valence-electron chi connectivity index (χ1n) is 11.3. The summed E-state index contributed by atoms with van der Waals surface area (Å²) in [6.45, 7) is 6.83. The van der Waals surface area contributed by atoms with Gasteiger partial charge in [0.2, 0.25) is 0 Å². The number of anilines is 1. The Morgan fingerprint density at radius 1 is 1.19 bits per heavy atom. The SMILES string of the molecule is CCNC(=NCc1ccc(NC(=O)c2ccco2)cc1)N1CCC(OCCCOC)CC1. The van der Waals surface area contributed by atoms with Crippen LogP contribution in [0.5, 0.6) is 0 Å². The molecule has 1 aliphatic heterocycles. The number of methoxy groups -OCH3 is 1. The van der Waals surface area contributed by atoms with Crippen molar-refractivity contribution in [1.29, 1.82) is 0 Å². The van der Waals surface area contributed by atoms with Crippen LogP contribution in [0.3, 0.4) is 0 Å². The van der Waals surface area contributed by atoms with Crippen molar-refractivity contribution < 1.29 is 18.7 Å². The summed E-state index contributed by atoms with van der Waals surface area (Å²) in [5.74, 6) is 0.958. The zero-order valence-electron chi connectivity index (χ0n) is 19.0. The van der Waals surface area contributed by atoms with Crippen molar-refractivity contribution in [2.45, 2.75) is 38.8 Å². The van der Waals surface area contributed by atoms with Crippen molar-refractivity contribution in [2.24, 2.45) is 4.99 Å². The lowest BCUT2D eigenvalue weighted by Gasteiger charge is -2.34. The summed E-state index contributed by atoms with van der Waals surface area (Å²) >= 11 is 0. The van der Waals surface area contributed by atoms with Crippen LogP contribution < -0.4 is 10.6 Å². The highest BCUT2D eigenvalue weighted by atomic mass is 16.5. The van der Waals surface area contributed by atoms with Crippen molar-refractivity contribution in [3.63, 3.8) is 0 Å². The fourth-order valence-corrected chi connectivity index (χ4v) is 3.57. The second-order valence-electron chi connectivity index (χ2n) is 7.70. The quantitative estimate of drug-likeness (QED) is 0.333. The van der Waals surface area contributed by atoms with E-state index >= 15 is 0 Å². The predicted molar refractivity (Wildman–Crippen MR) is 125 cm³/mol. The maximum absolute atomic E-state index is 12.1. The number of guanidine groups is 1. The van der Waals surface area contributed by atoms with Gasteiger partial charge in [0.25, 0.3) is 5.91 Å². The van der Waals surface area contributed by atoms with E-state index in [1.807, 2.05) is 24.3 Å². The minimum absolute atomic E-state index is 0.263. The normalized spacial score (nSPS) is 15.1. The third-order valence-electron chi connectivity index (χ3n) is 5.29. The molecule has 2 heterocycles. The van der Waals surface area contributed by atoms with Crippen molar-refractivity contribution in [3.05, 3.63) is 54.0 Å². The molecule has 1 aromatic heterocycles. The Labute approximate surface area is 190 Å². The summed E-state index contributed by atoms with van der Waals surface area (Å²) in [5.41, 5.74) is 1.80. The number of carbonyl (C=O) groups excluding carboxylic acids is 1. The molecular formula is C24H34N4O4. The first-order chi connectivity index (χ1) is 15.7. The molecule has 1 fully saturated rings. The van der Waals surface area contributed by atoms with E-state index in [1.54, 1.807) is 19.2 Å². The molecule has 0 saturated carbocycles. The van der Waals surface area contributed by atoms with Crippen LogP contribution in [0.2, 0.25) is 0 Å². The number of likely N-dealkylation sites (tertiary alicyclic amines) is 1. The molecule has 0 bridgehead atoms. The smallest absolute Gasteiger partial charge is 0.291 e. The van der Waals surface area contributed by atoms with Gasteiger partial charge in [-0.3, -0.25) is 4.79 Å². The van der Waals surface area contributed by atoms with Crippen LogP contribution in [0.1, 0.15) is 42.3 Å². The molecule has 0 atom stereocenters. The molecule has 2 N–H and O–H groups in total. The van der Waals surface area contributed by atoms with E-state index in [1.165, 1.54) is 6.26 Å². The molecule has 2 aromatic rings. The van der Waals surface area contributed by atoms with E-state index in [-0.39, 0.29) is 11.7 Å². The van der Waals surface area contributed by atoms with Gasteiger partial charge in [0.15, 0.2) is 11.7 Å². The molecular weight excluding hydrogens is 408 g/mol. The Kier molecular flexibility index (Phi) is 9.59. The molecule has 8 nitrogen and oxygen atoms in total. The maximum atomic E-state index is 12.1. The molecule has 0 aliphatic carbocycles. The average Bonchev–Trinajstić information content (AvgIpc) is 3.36. The fraction of sp³-hybridized carbons (Fsp3) is 0.500. The zero-order valence-corrected chi connectivity index (χ0v) is 19.0. The van der Waals surface area contributed by atoms with E-state index in [2.05, 4.69) is 22.5 Å². The number of hydrogen-bond acceptors (Lipinski definition) is 5. The van der Waals surface area contributed by atoms with Crippen molar-refractivity contribution >= 4 is 17.6 Å². The average molecular weight is 443 g/mol. The number of amides is 1. The summed E-state index contributed by atoms with van der Waals surface area (Å²) in [7, 11) is 1.72. The molecule has 1 saturated heterocycles. The molecule has 174 valence electrons. The van der Waals surface area contributed by atoms with Gasteiger partial charge in [-0.2, -0.15) is 0 Å². The maximum Gasteiger partial charge on any atom is 0.291 e. The van der Waals surface area contributed by atoms with Crippen LogP contribution in [0.25, 0.3) is 0 Å². The van der Waals surface area contributed by atoms with Crippen LogP contribution >= 0.6 is 0 Å². The summed E-state index contributed by atoms with van der Waals surface area (Å²) in [4.78, 5) is 19.2. The van der Waals surface area contributed by atoms with E-state index in [0.29, 0.717) is 12.6 Å². The van der Waals surface area contributed by atoms with Crippen LogP contribution in [0.4, 0.5) is 5.69 Å². The molecule has 8 heteroatoms. The highest BCUT2D eigenvalue weighted by Crippen LogP contribution is 2.16. The van der Waals surface area contributed by atoms with Gasteiger partial charge >= 0.3 is 0 Å². The van der Waals surface area contributed by atoms with Gasteiger partial charge in [-0.25, -0.2) is 4.99 Å². The molecule has 0 radical (unpaired) electrons. The van der Waals surface area contributed by atoms with Gasteiger partial charge in [-0.05, 0) is 56.0 Å². The van der Waals surface area contributed by atoms with Gasteiger partial charge < -0.3 is 29.4 Å². The highest BCUT2D eigenvalue weighted by Gasteiger charge is 2.21. The van der Waals surface area contributed by atoms with E-state index in [0.717, 1.165) is 69.3 Å². The largest absolute Gasteiger partial charge is 0.459 e. The van der Waals surface area contributed by atoms with Gasteiger partial charge in [-0.1, -0.05) is 12.1 Å². The Morgan fingerprint density at radius 2 is 1.97 bits per heavy atom. The number of benzene rings is 1. The molecule has 32 heavy (non-hydrogen) atoms. The van der Waals surface area contributed by atoms with Crippen LogP contribution in [0, 0.1) is 0 Å². The fourth-order valence-electron chi connectivity index (χ4n) is 3.57. The number of rotatable bonds is 10. The topological polar surface area (TPSA) is 88.3 Å². The minimum atomic E-state index is -0.263.